The Balaban J connectivity index is 1.83. The van der Waals surface area contributed by atoms with E-state index in [4.69, 9.17) is 0 Å². The molecule has 1 N–H and O–H groups in total. The Bertz CT molecular complexity index is 754. The van der Waals surface area contributed by atoms with Gasteiger partial charge in [0.2, 0.25) is 0 Å². The van der Waals surface area contributed by atoms with Gasteiger partial charge in [-0.3, -0.25) is 0 Å². The number of fused-ring (bicyclic) bond motifs is 1. The highest BCUT2D eigenvalue weighted by Gasteiger charge is 2.20. The standard InChI is InChI=1S/C16H19N3OS/c1-16(2,3)14-10-21-15(18-14)8-13(20)11-9-17-19-7-5-4-6-12(11)19/h4-7,9-10,13,20H,8H2,1-3H3. The van der Waals surface area contributed by atoms with Crippen LogP contribution in [0.5, 0.6) is 0 Å². The summed E-state index contributed by atoms with van der Waals surface area (Å²) in [6.07, 6.45) is 3.56. The van der Waals surface area contributed by atoms with Gasteiger partial charge in [-0.2, -0.15) is 5.10 Å². The molecule has 21 heavy (non-hydrogen) atoms. The van der Waals surface area contributed by atoms with E-state index in [1.54, 1.807) is 22.0 Å². The number of pyridine rings is 1. The molecule has 3 aromatic heterocycles. The molecular formula is C16H19N3OS. The molecule has 0 saturated heterocycles. The van der Waals surface area contributed by atoms with Gasteiger partial charge < -0.3 is 5.11 Å². The minimum absolute atomic E-state index is 0.0457. The molecule has 0 amide bonds. The summed E-state index contributed by atoms with van der Waals surface area (Å²) in [5.74, 6) is 0. The van der Waals surface area contributed by atoms with Crippen LogP contribution in [-0.4, -0.2) is 19.7 Å². The molecule has 110 valence electrons. The summed E-state index contributed by atoms with van der Waals surface area (Å²) in [5.41, 5.74) is 2.92. The van der Waals surface area contributed by atoms with Crippen LogP contribution >= 0.6 is 11.3 Å². The van der Waals surface area contributed by atoms with E-state index in [0.717, 1.165) is 21.8 Å². The van der Waals surface area contributed by atoms with Gasteiger partial charge in [0.1, 0.15) is 0 Å². The van der Waals surface area contributed by atoms with Crippen molar-refractivity contribution in [2.24, 2.45) is 0 Å². The van der Waals surface area contributed by atoms with Crippen LogP contribution in [0.2, 0.25) is 0 Å². The third-order valence-corrected chi connectivity index (χ3v) is 4.37. The van der Waals surface area contributed by atoms with Gasteiger partial charge in [-0.15, -0.1) is 11.3 Å². The van der Waals surface area contributed by atoms with Crippen LogP contribution in [0, 0.1) is 0 Å². The number of hydrogen-bond donors (Lipinski definition) is 1. The van der Waals surface area contributed by atoms with E-state index < -0.39 is 6.10 Å². The highest BCUT2D eigenvalue weighted by Crippen LogP contribution is 2.27. The maximum atomic E-state index is 10.5. The Labute approximate surface area is 128 Å². The van der Waals surface area contributed by atoms with E-state index in [2.05, 4.69) is 36.2 Å². The number of aliphatic hydroxyl groups is 1. The molecule has 5 heteroatoms. The Morgan fingerprint density at radius 3 is 2.86 bits per heavy atom. The molecule has 0 bridgehead atoms. The summed E-state index contributed by atoms with van der Waals surface area (Å²) < 4.78 is 1.78. The van der Waals surface area contributed by atoms with Crippen molar-refractivity contribution in [3.05, 3.63) is 52.2 Å². The van der Waals surface area contributed by atoms with Gasteiger partial charge in [0.05, 0.1) is 28.5 Å². The summed E-state index contributed by atoms with van der Waals surface area (Å²) in [7, 11) is 0. The first kappa shape index (κ1) is 14.2. The van der Waals surface area contributed by atoms with Crippen molar-refractivity contribution < 1.29 is 5.11 Å². The summed E-state index contributed by atoms with van der Waals surface area (Å²) in [5, 5.41) is 17.8. The molecule has 0 fully saturated rings. The average Bonchev–Trinajstić information content (AvgIpc) is 3.03. The number of aliphatic hydroxyl groups excluding tert-OH is 1. The van der Waals surface area contributed by atoms with Crippen molar-refractivity contribution in [2.45, 2.75) is 38.7 Å². The maximum Gasteiger partial charge on any atom is 0.0957 e. The fourth-order valence-corrected chi connectivity index (χ4v) is 3.29. The molecule has 0 spiro atoms. The third kappa shape index (κ3) is 2.84. The molecule has 0 aromatic carbocycles. The monoisotopic (exact) mass is 301 g/mol. The topological polar surface area (TPSA) is 50.4 Å². The molecule has 0 aliphatic carbocycles. The predicted molar refractivity (Wildman–Crippen MR) is 84.7 cm³/mol. The first-order valence-corrected chi connectivity index (χ1v) is 7.88. The van der Waals surface area contributed by atoms with Crippen molar-refractivity contribution in [3.63, 3.8) is 0 Å². The van der Waals surface area contributed by atoms with Crippen LogP contribution in [0.25, 0.3) is 5.52 Å². The fraction of sp³-hybridized carbons (Fsp3) is 0.375. The average molecular weight is 301 g/mol. The van der Waals surface area contributed by atoms with Gasteiger partial charge >= 0.3 is 0 Å². The Hall–Kier alpha value is -1.72. The van der Waals surface area contributed by atoms with E-state index in [1.165, 1.54) is 0 Å². The molecule has 3 aromatic rings. The van der Waals surface area contributed by atoms with Gasteiger partial charge in [-0.05, 0) is 12.1 Å². The number of hydrogen-bond acceptors (Lipinski definition) is 4. The second-order valence-electron chi connectivity index (χ2n) is 6.23. The molecule has 3 rings (SSSR count). The number of aromatic nitrogens is 3. The number of thiazole rings is 1. The maximum absolute atomic E-state index is 10.5. The SMILES string of the molecule is CC(C)(C)c1csc(CC(O)c2cnn3ccccc23)n1. The molecule has 1 unspecified atom stereocenters. The zero-order valence-corrected chi connectivity index (χ0v) is 13.3. The lowest BCUT2D eigenvalue weighted by molar-refractivity contribution is 0.179. The summed E-state index contributed by atoms with van der Waals surface area (Å²) in [4.78, 5) is 4.64. The molecule has 3 heterocycles. The largest absolute Gasteiger partial charge is 0.388 e. The van der Waals surface area contributed by atoms with E-state index in [1.807, 2.05) is 24.4 Å². The van der Waals surface area contributed by atoms with Crippen molar-refractivity contribution >= 4 is 16.9 Å². The lowest BCUT2D eigenvalue weighted by atomic mass is 9.93. The van der Waals surface area contributed by atoms with E-state index in [-0.39, 0.29) is 5.41 Å². The lowest BCUT2D eigenvalue weighted by Gasteiger charge is -2.14. The summed E-state index contributed by atoms with van der Waals surface area (Å²) in [6.45, 7) is 6.44. The smallest absolute Gasteiger partial charge is 0.0957 e. The molecular weight excluding hydrogens is 282 g/mol. The molecule has 0 aliphatic heterocycles. The molecule has 4 nitrogen and oxygen atoms in total. The number of rotatable bonds is 3. The normalized spacial score (nSPS) is 13.7. The fourth-order valence-electron chi connectivity index (χ4n) is 2.24. The molecule has 0 radical (unpaired) electrons. The lowest BCUT2D eigenvalue weighted by Crippen LogP contribution is -2.11. The zero-order chi connectivity index (χ0) is 15.0. The minimum atomic E-state index is -0.580. The van der Waals surface area contributed by atoms with E-state index >= 15 is 0 Å². The van der Waals surface area contributed by atoms with Gasteiger partial charge in [0, 0.05) is 29.0 Å². The second kappa shape index (κ2) is 5.24. The van der Waals surface area contributed by atoms with E-state index in [9.17, 15) is 5.11 Å². The van der Waals surface area contributed by atoms with Crippen LogP contribution in [0.15, 0.2) is 36.0 Å². The van der Waals surface area contributed by atoms with E-state index in [0.29, 0.717) is 6.42 Å². The van der Waals surface area contributed by atoms with Crippen LogP contribution in [-0.2, 0) is 11.8 Å². The van der Waals surface area contributed by atoms with Gasteiger partial charge in [-0.25, -0.2) is 9.50 Å². The number of nitrogens with zero attached hydrogens (tertiary/aromatic N) is 3. The van der Waals surface area contributed by atoms with Crippen molar-refractivity contribution in [2.75, 3.05) is 0 Å². The summed E-state index contributed by atoms with van der Waals surface area (Å²) in [6, 6.07) is 5.84. The van der Waals surface area contributed by atoms with Gasteiger partial charge in [-0.1, -0.05) is 26.8 Å². The first-order valence-electron chi connectivity index (χ1n) is 7.00. The van der Waals surface area contributed by atoms with Crippen molar-refractivity contribution in [3.8, 4) is 0 Å². The molecule has 0 saturated carbocycles. The highest BCUT2D eigenvalue weighted by molar-refractivity contribution is 7.09. The Morgan fingerprint density at radius 2 is 2.14 bits per heavy atom. The Kier molecular flexibility index (Phi) is 3.55. The van der Waals surface area contributed by atoms with Crippen molar-refractivity contribution in [1.29, 1.82) is 0 Å². The quantitative estimate of drug-likeness (QED) is 0.807. The molecule has 1 atom stereocenters. The summed E-state index contributed by atoms with van der Waals surface area (Å²) >= 11 is 1.61. The van der Waals surface area contributed by atoms with Crippen LogP contribution in [0.4, 0.5) is 0 Å². The van der Waals surface area contributed by atoms with Crippen LogP contribution in [0.1, 0.15) is 43.1 Å². The predicted octanol–water partition coefficient (Wildman–Crippen LogP) is 3.36. The zero-order valence-electron chi connectivity index (χ0n) is 12.4. The second-order valence-corrected chi connectivity index (χ2v) is 7.17. The van der Waals surface area contributed by atoms with Gasteiger partial charge in [0.15, 0.2) is 0 Å². The van der Waals surface area contributed by atoms with Crippen LogP contribution < -0.4 is 0 Å². The van der Waals surface area contributed by atoms with Gasteiger partial charge in [0.25, 0.3) is 0 Å². The van der Waals surface area contributed by atoms with Crippen LogP contribution in [0.3, 0.4) is 0 Å². The highest BCUT2D eigenvalue weighted by atomic mass is 32.1. The minimum Gasteiger partial charge on any atom is -0.388 e. The first-order chi connectivity index (χ1) is 9.95. The molecule has 0 aliphatic rings. The Morgan fingerprint density at radius 1 is 1.33 bits per heavy atom. The van der Waals surface area contributed by atoms with Crippen molar-refractivity contribution in [1.82, 2.24) is 14.6 Å². The third-order valence-electron chi connectivity index (χ3n) is 3.50.